The first-order valence-electron chi connectivity index (χ1n) is 8.60. The van der Waals surface area contributed by atoms with E-state index in [1.165, 1.54) is 19.3 Å². The Balaban J connectivity index is 1.81. The van der Waals surface area contributed by atoms with Crippen LogP contribution in [0.25, 0.3) is 0 Å². The molecular formula is C17H29NO3. The topological polar surface area (TPSA) is 57.6 Å². The van der Waals surface area contributed by atoms with Gasteiger partial charge in [0.1, 0.15) is 6.54 Å². The SMILES string of the molecule is CCCCC1CCC(C(=O)N(CC(=O)O)CC2CC2)CC1. The van der Waals surface area contributed by atoms with E-state index in [9.17, 15) is 9.59 Å². The molecule has 0 aromatic rings. The zero-order valence-corrected chi connectivity index (χ0v) is 13.2. The summed E-state index contributed by atoms with van der Waals surface area (Å²) in [5.41, 5.74) is 0. The Hall–Kier alpha value is -1.06. The molecule has 0 spiro atoms. The van der Waals surface area contributed by atoms with Gasteiger partial charge in [-0.05, 0) is 50.4 Å². The van der Waals surface area contributed by atoms with Gasteiger partial charge in [-0.25, -0.2) is 0 Å². The molecule has 0 atom stereocenters. The first kappa shape index (κ1) is 16.3. The number of hydrogen-bond acceptors (Lipinski definition) is 2. The number of unbranched alkanes of at least 4 members (excludes halogenated alkanes) is 1. The van der Waals surface area contributed by atoms with Gasteiger partial charge in [0.05, 0.1) is 0 Å². The van der Waals surface area contributed by atoms with Crippen LogP contribution in [0, 0.1) is 17.8 Å². The summed E-state index contributed by atoms with van der Waals surface area (Å²) in [7, 11) is 0. The van der Waals surface area contributed by atoms with Crippen LogP contribution in [0.3, 0.4) is 0 Å². The highest BCUT2D eigenvalue weighted by molar-refractivity contribution is 5.83. The smallest absolute Gasteiger partial charge is 0.323 e. The molecular weight excluding hydrogens is 266 g/mol. The van der Waals surface area contributed by atoms with Crippen molar-refractivity contribution in [3.63, 3.8) is 0 Å². The maximum absolute atomic E-state index is 12.6. The fraction of sp³-hybridized carbons (Fsp3) is 0.882. The van der Waals surface area contributed by atoms with E-state index in [0.717, 1.165) is 44.4 Å². The highest BCUT2D eigenvalue weighted by Crippen LogP contribution is 2.34. The lowest BCUT2D eigenvalue weighted by Crippen LogP contribution is -2.42. The van der Waals surface area contributed by atoms with Crippen LogP contribution in [-0.4, -0.2) is 35.0 Å². The zero-order valence-electron chi connectivity index (χ0n) is 13.2. The molecule has 0 aromatic heterocycles. The maximum Gasteiger partial charge on any atom is 0.323 e. The van der Waals surface area contributed by atoms with Gasteiger partial charge in [-0.3, -0.25) is 9.59 Å². The summed E-state index contributed by atoms with van der Waals surface area (Å²) < 4.78 is 0. The van der Waals surface area contributed by atoms with Gasteiger partial charge in [-0.1, -0.05) is 26.2 Å². The summed E-state index contributed by atoms with van der Waals surface area (Å²) in [6, 6.07) is 0. The number of carboxylic acids is 1. The average Bonchev–Trinajstić information content (AvgIpc) is 3.28. The number of carbonyl (C=O) groups is 2. The van der Waals surface area contributed by atoms with Gasteiger partial charge >= 0.3 is 5.97 Å². The summed E-state index contributed by atoms with van der Waals surface area (Å²) in [5.74, 6) is 0.611. The van der Waals surface area contributed by atoms with Crippen molar-refractivity contribution in [3.8, 4) is 0 Å². The molecule has 21 heavy (non-hydrogen) atoms. The Bertz CT molecular complexity index is 357. The minimum Gasteiger partial charge on any atom is -0.480 e. The normalized spacial score (nSPS) is 25.6. The Morgan fingerprint density at radius 2 is 1.67 bits per heavy atom. The highest BCUT2D eigenvalue weighted by atomic mass is 16.4. The van der Waals surface area contributed by atoms with Gasteiger partial charge in [0.25, 0.3) is 0 Å². The lowest BCUT2D eigenvalue weighted by atomic mass is 9.79. The van der Waals surface area contributed by atoms with Gasteiger partial charge in [-0.2, -0.15) is 0 Å². The van der Waals surface area contributed by atoms with Gasteiger partial charge in [0.2, 0.25) is 5.91 Å². The molecule has 0 saturated heterocycles. The fourth-order valence-electron chi connectivity index (χ4n) is 3.46. The number of hydrogen-bond donors (Lipinski definition) is 1. The first-order chi connectivity index (χ1) is 10.1. The second-order valence-electron chi connectivity index (χ2n) is 6.92. The van der Waals surface area contributed by atoms with Gasteiger partial charge < -0.3 is 10.0 Å². The third kappa shape index (κ3) is 5.33. The highest BCUT2D eigenvalue weighted by Gasteiger charge is 2.33. The second kappa shape index (κ2) is 7.81. The molecule has 2 aliphatic rings. The summed E-state index contributed by atoms with van der Waals surface area (Å²) >= 11 is 0. The molecule has 0 aliphatic heterocycles. The van der Waals surface area contributed by atoms with E-state index in [0.29, 0.717) is 12.5 Å². The van der Waals surface area contributed by atoms with Gasteiger partial charge in [0, 0.05) is 12.5 Å². The average molecular weight is 295 g/mol. The van der Waals surface area contributed by atoms with Crippen molar-refractivity contribution in [2.75, 3.05) is 13.1 Å². The quantitative estimate of drug-likeness (QED) is 0.747. The molecule has 2 rings (SSSR count). The van der Waals surface area contributed by atoms with Crippen LogP contribution in [0.2, 0.25) is 0 Å². The van der Waals surface area contributed by atoms with E-state index in [1.807, 2.05) is 0 Å². The van der Waals surface area contributed by atoms with Crippen molar-refractivity contribution in [2.24, 2.45) is 17.8 Å². The molecule has 4 heteroatoms. The van der Waals surface area contributed by atoms with E-state index in [-0.39, 0.29) is 18.4 Å². The van der Waals surface area contributed by atoms with Crippen LogP contribution in [0.4, 0.5) is 0 Å². The molecule has 0 aromatic carbocycles. The Morgan fingerprint density at radius 1 is 1.05 bits per heavy atom. The van der Waals surface area contributed by atoms with E-state index >= 15 is 0 Å². The maximum atomic E-state index is 12.6. The molecule has 0 heterocycles. The Labute approximate surface area is 127 Å². The Kier molecular flexibility index (Phi) is 6.07. The van der Waals surface area contributed by atoms with Gasteiger partial charge in [-0.15, -0.1) is 0 Å². The molecule has 0 bridgehead atoms. The molecule has 1 N–H and O–H groups in total. The number of aliphatic carboxylic acids is 1. The number of amides is 1. The standard InChI is InChI=1S/C17H29NO3/c1-2-3-4-13-7-9-15(10-8-13)17(21)18(12-16(19)20)11-14-5-6-14/h13-15H,2-12H2,1H3,(H,19,20). The predicted molar refractivity (Wildman–Crippen MR) is 81.9 cm³/mol. The molecule has 0 unspecified atom stereocenters. The number of carbonyl (C=O) groups excluding carboxylic acids is 1. The molecule has 120 valence electrons. The summed E-state index contributed by atoms with van der Waals surface area (Å²) in [6.07, 6.45) is 10.3. The molecule has 4 nitrogen and oxygen atoms in total. The van der Waals surface area contributed by atoms with E-state index in [4.69, 9.17) is 5.11 Å². The van der Waals surface area contributed by atoms with Crippen LogP contribution in [0.5, 0.6) is 0 Å². The third-order valence-electron chi connectivity index (χ3n) is 4.98. The molecule has 2 aliphatic carbocycles. The van der Waals surface area contributed by atoms with E-state index in [2.05, 4.69) is 6.92 Å². The fourth-order valence-corrected chi connectivity index (χ4v) is 3.46. The van der Waals surface area contributed by atoms with Crippen LogP contribution in [-0.2, 0) is 9.59 Å². The third-order valence-corrected chi connectivity index (χ3v) is 4.98. The van der Waals surface area contributed by atoms with Gasteiger partial charge in [0.15, 0.2) is 0 Å². The number of nitrogens with zero attached hydrogens (tertiary/aromatic N) is 1. The van der Waals surface area contributed by atoms with Crippen molar-refractivity contribution in [3.05, 3.63) is 0 Å². The van der Waals surface area contributed by atoms with Crippen molar-refractivity contribution >= 4 is 11.9 Å². The van der Waals surface area contributed by atoms with Crippen LogP contribution >= 0.6 is 0 Å². The molecule has 1 amide bonds. The second-order valence-corrected chi connectivity index (χ2v) is 6.92. The largest absolute Gasteiger partial charge is 0.480 e. The first-order valence-corrected chi connectivity index (χ1v) is 8.60. The van der Waals surface area contributed by atoms with Crippen molar-refractivity contribution in [1.29, 1.82) is 0 Å². The molecule has 2 saturated carbocycles. The zero-order chi connectivity index (χ0) is 15.2. The summed E-state index contributed by atoms with van der Waals surface area (Å²) in [4.78, 5) is 25.2. The predicted octanol–water partition coefficient (Wildman–Crippen LogP) is 3.31. The van der Waals surface area contributed by atoms with Crippen molar-refractivity contribution in [2.45, 2.75) is 64.7 Å². The Morgan fingerprint density at radius 3 is 2.19 bits per heavy atom. The minimum atomic E-state index is -0.888. The van der Waals surface area contributed by atoms with E-state index in [1.54, 1.807) is 4.90 Å². The van der Waals surface area contributed by atoms with Crippen molar-refractivity contribution in [1.82, 2.24) is 4.90 Å². The van der Waals surface area contributed by atoms with E-state index < -0.39 is 5.97 Å². The lowest BCUT2D eigenvalue weighted by Gasteiger charge is -2.31. The molecule has 2 fully saturated rings. The van der Waals surface area contributed by atoms with Crippen LogP contribution < -0.4 is 0 Å². The number of carboxylic acid groups (broad SMARTS) is 1. The summed E-state index contributed by atoms with van der Waals surface area (Å²) in [6.45, 7) is 2.75. The van der Waals surface area contributed by atoms with Crippen LogP contribution in [0.15, 0.2) is 0 Å². The lowest BCUT2D eigenvalue weighted by molar-refractivity contribution is -0.147. The minimum absolute atomic E-state index is 0.0703. The summed E-state index contributed by atoms with van der Waals surface area (Å²) in [5, 5.41) is 9.01. The number of rotatable bonds is 8. The van der Waals surface area contributed by atoms with Crippen molar-refractivity contribution < 1.29 is 14.7 Å². The van der Waals surface area contributed by atoms with Crippen LogP contribution in [0.1, 0.15) is 64.7 Å². The monoisotopic (exact) mass is 295 g/mol. The molecule has 0 radical (unpaired) electrons.